The fourth-order valence-corrected chi connectivity index (χ4v) is 3.43. The average molecular weight is 390 g/mol. The summed E-state index contributed by atoms with van der Waals surface area (Å²) in [6.45, 7) is 7.01. The number of amides is 4. The van der Waals surface area contributed by atoms with Gasteiger partial charge in [-0.2, -0.15) is 0 Å². The molecule has 1 aromatic carbocycles. The van der Waals surface area contributed by atoms with Crippen molar-refractivity contribution in [1.82, 2.24) is 20.4 Å². The van der Waals surface area contributed by atoms with Gasteiger partial charge in [-0.05, 0) is 5.56 Å². The molecular weight excluding hydrogens is 360 g/mol. The van der Waals surface area contributed by atoms with Crippen molar-refractivity contribution in [3.05, 3.63) is 35.9 Å². The zero-order chi connectivity index (χ0) is 19.8. The molecule has 2 heterocycles. The van der Waals surface area contributed by atoms with E-state index in [9.17, 15) is 9.59 Å². The Kier molecular flexibility index (Phi) is 7.50. The first-order chi connectivity index (χ1) is 13.6. The molecule has 28 heavy (non-hydrogen) atoms. The Morgan fingerprint density at radius 1 is 0.929 bits per heavy atom. The van der Waals surface area contributed by atoms with Gasteiger partial charge in [0.2, 0.25) is 0 Å². The van der Waals surface area contributed by atoms with E-state index in [2.05, 4.69) is 17.6 Å². The van der Waals surface area contributed by atoms with Crippen LogP contribution in [0.2, 0.25) is 0 Å². The molecule has 2 saturated heterocycles. The number of morpholine rings is 2. The van der Waals surface area contributed by atoms with Crippen LogP contribution in [0.5, 0.6) is 0 Å². The van der Waals surface area contributed by atoms with E-state index in [4.69, 9.17) is 9.47 Å². The van der Waals surface area contributed by atoms with Gasteiger partial charge in [-0.15, -0.1) is 0 Å². The molecular formula is C20H30N4O4. The summed E-state index contributed by atoms with van der Waals surface area (Å²) >= 11 is 0. The second kappa shape index (κ2) is 10.3. The summed E-state index contributed by atoms with van der Waals surface area (Å²) in [5, 5.41) is 6.10. The number of carbonyl (C=O) groups excluding carboxylic acids is 2. The summed E-state index contributed by atoms with van der Waals surface area (Å²) in [5.41, 5.74) is 1.12. The number of carbonyl (C=O) groups is 2. The molecule has 154 valence electrons. The second-order valence-corrected chi connectivity index (χ2v) is 7.14. The standard InChI is InChI=1S/C20H30N4O4/c1-16(17-5-3-2-4-6-17)18(22-20(26)24-9-13-28-14-10-24)15-21-19(25)23-7-11-27-12-8-23/h2-6,16,18H,7-15H2,1H3,(H,21,25)(H,22,26). The van der Waals surface area contributed by atoms with Gasteiger partial charge in [0.15, 0.2) is 0 Å². The number of nitrogens with zero attached hydrogens (tertiary/aromatic N) is 2. The maximum absolute atomic E-state index is 12.7. The van der Waals surface area contributed by atoms with Crippen molar-refractivity contribution in [2.24, 2.45) is 0 Å². The predicted molar refractivity (Wildman–Crippen MR) is 105 cm³/mol. The van der Waals surface area contributed by atoms with Crippen LogP contribution in [0.4, 0.5) is 9.59 Å². The van der Waals surface area contributed by atoms with Crippen molar-refractivity contribution in [3.8, 4) is 0 Å². The molecule has 2 N–H and O–H groups in total. The van der Waals surface area contributed by atoms with Crippen molar-refractivity contribution >= 4 is 12.1 Å². The molecule has 2 aliphatic rings. The van der Waals surface area contributed by atoms with Crippen molar-refractivity contribution in [2.75, 3.05) is 59.2 Å². The van der Waals surface area contributed by atoms with Crippen molar-refractivity contribution in [3.63, 3.8) is 0 Å². The quantitative estimate of drug-likeness (QED) is 0.793. The minimum Gasteiger partial charge on any atom is -0.378 e. The monoisotopic (exact) mass is 390 g/mol. The van der Waals surface area contributed by atoms with Gasteiger partial charge in [0.1, 0.15) is 0 Å². The maximum atomic E-state index is 12.7. The van der Waals surface area contributed by atoms with Crippen LogP contribution in [0.25, 0.3) is 0 Å². The summed E-state index contributed by atoms with van der Waals surface area (Å²) in [5.74, 6) is 0.0520. The fraction of sp³-hybridized carbons (Fsp3) is 0.600. The van der Waals surface area contributed by atoms with Gasteiger partial charge >= 0.3 is 12.1 Å². The van der Waals surface area contributed by atoms with Crippen LogP contribution in [0.3, 0.4) is 0 Å². The third-order valence-electron chi connectivity index (χ3n) is 5.31. The Morgan fingerprint density at radius 3 is 2.04 bits per heavy atom. The lowest BCUT2D eigenvalue weighted by Gasteiger charge is -2.33. The van der Waals surface area contributed by atoms with E-state index in [-0.39, 0.29) is 24.0 Å². The summed E-state index contributed by atoms with van der Waals surface area (Å²) in [6, 6.07) is 9.58. The molecule has 0 bridgehead atoms. The lowest BCUT2D eigenvalue weighted by molar-refractivity contribution is 0.0513. The summed E-state index contributed by atoms with van der Waals surface area (Å²) < 4.78 is 10.6. The molecule has 0 spiro atoms. The smallest absolute Gasteiger partial charge is 0.317 e. The van der Waals surface area contributed by atoms with E-state index in [1.807, 2.05) is 30.3 Å². The Bertz CT molecular complexity index is 630. The van der Waals surface area contributed by atoms with Crippen LogP contribution in [0.15, 0.2) is 30.3 Å². The first-order valence-electron chi connectivity index (χ1n) is 9.94. The van der Waals surface area contributed by atoms with Crippen LogP contribution >= 0.6 is 0 Å². The maximum Gasteiger partial charge on any atom is 0.317 e. The number of nitrogens with one attached hydrogen (secondary N) is 2. The molecule has 2 unspecified atom stereocenters. The van der Waals surface area contributed by atoms with Gasteiger partial charge < -0.3 is 29.9 Å². The number of rotatable bonds is 5. The molecule has 0 radical (unpaired) electrons. The number of urea groups is 2. The second-order valence-electron chi connectivity index (χ2n) is 7.14. The van der Waals surface area contributed by atoms with Crippen LogP contribution in [-0.4, -0.2) is 87.1 Å². The number of hydrogen-bond acceptors (Lipinski definition) is 4. The Labute approximate surface area is 166 Å². The van der Waals surface area contributed by atoms with Gasteiger partial charge in [-0.25, -0.2) is 9.59 Å². The van der Waals surface area contributed by atoms with Gasteiger partial charge in [0, 0.05) is 38.6 Å². The van der Waals surface area contributed by atoms with E-state index >= 15 is 0 Å². The molecule has 0 aromatic heterocycles. The summed E-state index contributed by atoms with van der Waals surface area (Å²) in [6.07, 6.45) is 0. The topological polar surface area (TPSA) is 83.1 Å². The largest absolute Gasteiger partial charge is 0.378 e. The molecule has 0 saturated carbocycles. The predicted octanol–water partition coefficient (Wildman–Crippen LogP) is 1.24. The lowest BCUT2D eigenvalue weighted by atomic mass is 9.93. The number of ether oxygens (including phenoxy) is 2. The zero-order valence-corrected chi connectivity index (χ0v) is 16.4. The molecule has 1 aromatic rings. The summed E-state index contributed by atoms with van der Waals surface area (Å²) in [7, 11) is 0. The van der Waals surface area contributed by atoms with Gasteiger partial charge in [-0.3, -0.25) is 0 Å². The zero-order valence-electron chi connectivity index (χ0n) is 16.4. The van der Waals surface area contributed by atoms with E-state index in [0.717, 1.165) is 5.56 Å². The van der Waals surface area contributed by atoms with Crippen molar-refractivity contribution in [1.29, 1.82) is 0 Å². The average Bonchev–Trinajstić information content (AvgIpc) is 2.77. The first kappa shape index (κ1) is 20.4. The highest BCUT2D eigenvalue weighted by molar-refractivity contribution is 5.76. The molecule has 8 heteroatoms. The van der Waals surface area contributed by atoms with E-state index in [1.165, 1.54) is 0 Å². The van der Waals surface area contributed by atoms with Crippen LogP contribution in [-0.2, 0) is 9.47 Å². The Morgan fingerprint density at radius 2 is 1.46 bits per heavy atom. The SMILES string of the molecule is CC(c1ccccc1)C(CNC(=O)N1CCOCC1)NC(=O)N1CCOCC1. The van der Waals surface area contributed by atoms with E-state index < -0.39 is 0 Å². The van der Waals surface area contributed by atoms with Gasteiger partial charge in [0.05, 0.1) is 32.5 Å². The molecule has 2 fully saturated rings. The molecule has 2 atom stereocenters. The Hall–Kier alpha value is -2.32. The molecule has 8 nitrogen and oxygen atoms in total. The normalized spacial score (nSPS) is 19.6. The third-order valence-corrected chi connectivity index (χ3v) is 5.31. The van der Waals surface area contributed by atoms with Crippen LogP contribution < -0.4 is 10.6 Å². The fourth-order valence-electron chi connectivity index (χ4n) is 3.43. The van der Waals surface area contributed by atoms with Gasteiger partial charge in [-0.1, -0.05) is 37.3 Å². The van der Waals surface area contributed by atoms with E-state index in [1.54, 1.807) is 9.80 Å². The molecule has 0 aliphatic carbocycles. The lowest BCUT2D eigenvalue weighted by Crippen LogP contribution is -2.55. The summed E-state index contributed by atoms with van der Waals surface area (Å²) in [4.78, 5) is 28.7. The van der Waals surface area contributed by atoms with Crippen LogP contribution in [0.1, 0.15) is 18.4 Å². The number of hydrogen-bond donors (Lipinski definition) is 2. The molecule has 4 amide bonds. The minimum absolute atomic E-state index is 0.0520. The van der Waals surface area contributed by atoms with Crippen molar-refractivity contribution < 1.29 is 19.1 Å². The highest BCUT2D eigenvalue weighted by Crippen LogP contribution is 2.19. The Balaban J connectivity index is 1.63. The highest BCUT2D eigenvalue weighted by Gasteiger charge is 2.26. The highest BCUT2D eigenvalue weighted by atomic mass is 16.5. The molecule has 2 aliphatic heterocycles. The minimum atomic E-state index is -0.220. The molecule has 3 rings (SSSR count). The number of benzene rings is 1. The first-order valence-corrected chi connectivity index (χ1v) is 9.94. The van der Waals surface area contributed by atoms with Crippen molar-refractivity contribution in [2.45, 2.75) is 18.9 Å². The van der Waals surface area contributed by atoms with E-state index in [0.29, 0.717) is 59.2 Å². The van der Waals surface area contributed by atoms with Gasteiger partial charge in [0.25, 0.3) is 0 Å². The third kappa shape index (κ3) is 5.59. The van der Waals surface area contributed by atoms with Crippen LogP contribution in [0, 0.1) is 0 Å².